The van der Waals surface area contributed by atoms with Crippen LogP contribution in [-0.4, -0.2) is 19.7 Å². The van der Waals surface area contributed by atoms with E-state index >= 15 is 0 Å². The van der Waals surface area contributed by atoms with E-state index in [-0.39, 0.29) is 11.7 Å². The fraction of sp³-hybridized carbons (Fsp3) is 0.667. The fourth-order valence-electron chi connectivity index (χ4n) is 0.596. The average molecular weight is 203 g/mol. The summed E-state index contributed by atoms with van der Waals surface area (Å²) in [6, 6.07) is 0. The third-order valence-corrected chi connectivity index (χ3v) is 2.37. The lowest BCUT2D eigenvalue weighted by Gasteiger charge is -2.02. The number of carbonyl (C=O) groups is 1. The molecular formula is C9H15ClOSi. The summed E-state index contributed by atoms with van der Waals surface area (Å²) >= 11 is 5.33. The van der Waals surface area contributed by atoms with Crippen molar-refractivity contribution in [3.8, 4) is 11.5 Å². The van der Waals surface area contributed by atoms with Gasteiger partial charge in [0, 0.05) is 12.8 Å². The van der Waals surface area contributed by atoms with E-state index in [2.05, 4.69) is 31.1 Å². The molecule has 0 unspecified atom stereocenters. The topological polar surface area (TPSA) is 17.1 Å². The van der Waals surface area contributed by atoms with Gasteiger partial charge < -0.3 is 0 Å². The number of carbonyl (C=O) groups excluding carboxylic acids is 1. The highest BCUT2D eigenvalue weighted by Crippen LogP contribution is 1.98. The Bertz CT molecular complexity index is 207. The molecule has 0 atom stereocenters. The van der Waals surface area contributed by atoms with E-state index in [1.807, 2.05) is 0 Å². The summed E-state index contributed by atoms with van der Waals surface area (Å²) in [5.74, 6) is 3.23. The van der Waals surface area contributed by atoms with Gasteiger partial charge in [0.15, 0.2) is 0 Å². The standard InChI is InChI=1S/C9H15ClOSi/c1-12(2,3)7-5-4-6-9(11)8-10/h4,6,8H2,1-3H3. The van der Waals surface area contributed by atoms with Crippen molar-refractivity contribution < 1.29 is 4.79 Å². The molecule has 0 aromatic rings. The zero-order valence-corrected chi connectivity index (χ0v) is 9.66. The smallest absolute Gasteiger partial charge is 0.148 e. The summed E-state index contributed by atoms with van der Waals surface area (Å²) in [6.45, 7) is 6.55. The highest BCUT2D eigenvalue weighted by atomic mass is 35.5. The van der Waals surface area contributed by atoms with Crippen LogP contribution < -0.4 is 0 Å². The van der Waals surface area contributed by atoms with Gasteiger partial charge in [-0.2, -0.15) is 0 Å². The first-order valence-corrected chi connectivity index (χ1v) is 8.07. The Morgan fingerprint density at radius 1 is 1.42 bits per heavy atom. The Kier molecular flexibility index (Phi) is 5.28. The number of halogens is 1. The van der Waals surface area contributed by atoms with Crippen LogP contribution in [0.3, 0.4) is 0 Å². The molecule has 0 aliphatic heterocycles. The van der Waals surface area contributed by atoms with Gasteiger partial charge in [-0.05, 0) is 0 Å². The zero-order valence-electron chi connectivity index (χ0n) is 7.91. The van der Waals surface area contributed by atoms with Crippen molar-refractivity contribution in [2.24, 2.45) is 0 Å². The molecule has 0 saturated heterocycles. The third kappa shape index (κ3) is 7.84. The van der Waals surface area contributed by atoms with E-state index in [0.29, 0.717) is 12.8 Å². The molecular weight excluding hydrogens is 188 g/mol. The van der Waals surface area contributed by atoms with Crippen LogP contribution in [0.25, 0.3) is 0 Å². The summed E-state index contributed by atoms with van der Waals surface area (Å²) < 4.78 is 0. The van der Waals surface area contributed by atoms with Gasteiger partial charge >= 0.3 is 0 Å². The van der Waals surface area contributed by atoms with Gasteiger partial charge in [0.25, 0.3) is 0 Å². The lowest BCUT2D eigenvalue weighted by atomic mass is 10.2. The van der Waals surface area contributed by atoms with Crippen LogP contribution in [0.5, 0.6) is 0 Å². The minimum Gasteiger partial charge on any atom is -0.298 e. The van der Waals surface area contributed by atoms with Crippen molar-refractivity contribution in [3.63, 3.8) is 0 Å². The largest absolute Gasteiger partial charge is 0.298 e. The van der Waals surface area contributed by atoms with Crippen molar-refractivity contribution in [2.75, 3.05) is 5.88 Å². The summed E-state index contributed by atoms with van der Waals surface area (Å²) in [6.07, 6.45) is 1.16. The Morgan fingerprint density at radius 3 is 2.42 bits per heavy atom. The van der Waals surface area contributed by atoms with Gasteiger partial charge in [0.05, 0.1) is 5.88 Å². The third-order valence-electron chi connectivity index (χ3n) is 1.14. The minimum atomic E-state index is -1.24. The second-order valence-electron chi connectivity index (χ2n) is 3.72. The van der Waals surface area contributed by atoms with Crippen molar-refractivity contribution in [3.05, 3.63) is 0 Å². The molecule has 0 amide bonds. The monoisotopic (exact) mass is 202 g/mol. The average Bonchev–Trinajstić information content (AvgIpc) is 1.96. The first-order chi connectivity index (χ1) is 5.45. The van der Waals surface area contributed by atoms with Crippen LogP contribution in [0.4, 0.5) is 0 Å². The van der Waals surface area contributed by atoms with E-state index in [0.717, 1.165) is 0 Å². The Balaban J connectivity index is 3.67. The fourth-order valence-corrected chi connectivity index (χ4v) is 1.39. The maximum Gasteiger partial charge on any atom is 0.148 e. The molecule has 68 valence electrons. The van der Waals surface area contributed by atoms with Crippen molar-refractivity contribution in [1.82, 2.24) is 0 Å². The lowest BCUT2D eigenvalue weighted by molar-refractivity contribution is -0.116. The predicted molar refractivity (Wildman–Crippen MR) is 56.1 cm³/mol. The maximum absolute atomic E-state index is 10.7. The number of hydrogen-bond acceptors (Lipinski definition) is 1. The molecule has 0 heterocycles. The SMILES string of the molecule is C[Si](C)(C)C#CCCC(=O)CCl. The summed E-state index contributed by atoms with van der Waals surface area (Å²) in [7, 11) is -1.24. The second kappa shape index (κ2) is 5.39. The van der Waals surface area contributed by atoms with Crippen molar-refractivity contribution in [2.45, 2.75) is 32.5 Å². The number of ketones is 1. The molecule has 0 spiro atoms. The van der Waals surface area contributed by atoms with Gasteiger partial charge in [0.1, 0.15) is 13.9 Å². The first kappa shape index (κ1) is 11.7. The molecule has 0 aliphatic rings. The molecule has 0 radical (unpaired) electrons. The zero-order chi connectivity index (χ0) is 9.61. The molecule has 12 heavy (non-hydrogen) atoms. The van der Waals surface area contributed by atoms with Gasteiger partial charge in [-0.3, -0.25) is 4.79 Å². The van der Waals surface area contributed by atoms with E-state index in [1.54, 1.807) is 0 Å². The minimum absolute atomic E-state index is 0.0848. The van der Waals surface area contributed by atoms with E-state index in [9.17, 15) is 4.79 Å². The lowest BCUT2D eigenvalue weighted by Crippen LogP contribution is -2.16. The van der Waals surface area contributed by atoms with Gasteiger partial charge in [-0.1, -0.05) is 19.6 Å². The van der Waals surface area contributed by atoms with E-state index in [4.69, 9.17) is 11.6 Å². The van der Waals surface area contributed by atoms with Crippen LogP contribution in [-0.2, 0) is 4.79 Å². The van der Waals surface area contributed by atoms with Crippen molar-refractivity contribution in [1.29, 1.82) is 0 Å². The van der Waals surface area contributed by atoms with Crippen LogP contribution >= 0.6 is 11.6 Å². The Hall–Kier alpha value is -0.263. The number of hydrogen-bond donors (Lipinski definition) is 0. The van der Waals surface area contributed by atoms with Crippen molar-refractivity contribution >= 4 is 25.5 Å². The second-order valence-corrected chi connectivity index (χ2v) is 8.74. The van der Waals surface area contributed by atoms with Gasteiger partial charge in [0.2, 0.25) is 0 Å². The molecule has 0 aromatic carbocycles. The summed E-state index contributed by atoms with van der Waals surface area (Å²) in [4.78, 5) is 10.7. The molecule has 0 rings (SSSR count). The van der Waals surface area contributed by atoms with Gasteiger partial charge in [-0.15, -0.1) is 23.1 Å². The summed E-state index contributed by atoms with van der Waals surface area (Å²) in [5.41, 5.74) is 3.19. The Morgan fingerprint density at radius 2 is 2.00 bits per heavy atom. The van der Waals surface area contributed by atoms with E-state index < -0.39 is 8.07 Å². The molecule has 0 N–H and O–H groups in total. The van der Waals surface area contributed by atoms with Crippen LogP contribution in [0.1, 0.15) is 12.8 Å². The number of alkyl halides is 1. The normalized spacial score (nSPS) is 10.3. The van der Waals surface area contributed by atoms with Crippen LogP contribution in [0, 0.1) is 11.5 Å². The van der Waals surface area contributed by atoms with Gasteiger partial charge in [-0.25, -0.2) is 0 Å². The molecule has 1 nitrogen and oxygen atoms in total. The molecule has 0 bridgehead atoms. The Labute approximate surface area is 80.5 Å². The van der Waals surface area contributed by atoms with Crippen LogP contribution in [0.2, 0.25) is 19.6 Å². The molecule has 0 fully saturated rings. The molecule has 0 saturated carbocycles. The maximum atomic E-state index is 10.7. The first-order valence-electron chi connectivity index (χ1n) is 4.03. The van der Waals surface area contributed by atoms with E-state index in [1.165, 1.54) is 0 Å². The number of Topliss-reactive ketones (excluding diaryl/α,β-unsaturated/α-hetero) is 1. The number of rotatable bonds is 3. The highest BCUT2D eigenvalue weighted by molar-refractivity contribution is 6.83. The quantitative estimate of drug-likeness (QED) is 0.391. The molecule has 0 aliphatic carbocycles. The summed E-state index contributed by atoms with van der Waals surface area (Å²) in [5, 5.41) is 0. The molecule has 0 aromatic heterocycles. The molecule has 3 heteroatoms. The van der Waals surface area contributed by atoms with Crippen LogP contribution in [0.15, 0.2) is 0 Å². The predicted octanol–water partition coefficient (Wildman–Crippen LogP) is 2.46. The highest BCUT2D eigenvalue weighted by Gasteiger charge is 2.07.